The molecule has 2 fully saturated rings. The number of aromatic nitrogens is 1. The third-order valence-corrected chi connectivity index (χ3v) is 5.90. The van der Waals surface area contributed by atoms with Crippen molar-refractivity contribution in [2.24, 2.45) is 5.92 Å². The summed E-state index contributed by atoms with van der Waals surface area (Å²) in [5, 5.41) is 5.93. The summed E-state index contributed by atoms with van der Waals surface area (Å²) in [6, 6.07) is 19.1. The molecule has 1 aliphatic carbocycles. The number of rotatable bonds is 3. The molecule has 27 heavy (non-hydrogen) atoms. The van der Waals surface area contributed by atoms with Crippen molar-refractivity contribution in [3.63, 3.8) is 0 Å². The molecule has 1 aliphatic heterocycles. The van der Waals surface area contributed by atoms with E-state index in [1.54, 1.807) is 6.20 Å². The quantitative estimate of drug-likeness (QED) is 0.780. The van der Waals surface area contributed by atoms with Crippen molar-refractivity contribution in [3.05, 3.63) is 78.1 Å². The van der Waals surface area contributed by atoms with Gasteiger partial charge in [0.05, 0.1) is 6.04 Å². The second kappa shape index (κ2) is 6.78. The standard InChI is InChI=1S/C23H23N3O/c27-23(26-11-10-25-15-22(26)19-6-3-9-24-14-19)21-13-20(21)18-8-7-16-4-1-2-5-17(16)12-18/h1-9,12,14,20-22,25H,10-11,13,15H2. The Bertz CT molecular complexity index is 972. The van der Waals surface area contributed by atoms with Crippen LogP contribution in [0.5, 0.6) is 0 Å². The average molecular weight is 357 g/mol. The molecular weight excluding hydrogens is 334 g/mol. The van der Waals surface area contributed by atoms with Gasteiger partial charge < -0.3 is 10.2 Å². The number of piperazine rings is 1. The number of hydrogen-bond donors (Lipinski definition) is 1. The summed E-state index contributed by atoms with van der Waals surface area (Å²) in [6.45, 7) is 2.42. The van der Waals surface area contributed by atoms with Gasteiger partial charge in [-0.2, -0.15) is 0 Å². The zero-order chi connectivity index (χ0) is 18.2. The van der Waals surface area contributed by atoms with E-state index in [1.807, 2.05) is 12.3 Å². The molecule has 1 saturated heterocycles. The van der Waals surface area contributed by atoms with Crippen LogP contribution in [0.25, 0.3) is 10.8 Å². The van der Waals surface area contributed by atoms with Crippen LogP contribution in [0.15, 0.2) is 67.0 Å². The maximum Gasteiger partial charge on any atom is 0.226 e. The Balaban J connectivity index is 1.36. The number of fused-ring (bicyclic) bond motifs is 1. The third kappa shape index (κ3) is 3.10. The molecule has 3 atom stereocenters. The lowest BCUT2D eigenvalue weighted by molar-refractivity contribution is -0.136. The van der Waals surface area contributed by atoms with Crippen LogP contribution in [0.4, 0.5) is 0 Å². The van der Waals surface area contributed by atoms with Gasteiger partial charge in [0.2, 0.25) is 5.91 Å². The van der Waals surface area contributed by atoms with E-state index < -0.39 is 0 Å². The van der Waals surface area contributed by atoms with Crippen molar-refractivity contribution in [3.8, 4) is 0 Å². The first-order chi connectivity index (χ1) is 13.3. The van der Waals surface area contributed by atoms with Crippen molar-refractivity contribution in [2.75, 3.05) is 19.6 Å². The molecule has 3 unspecified atom stereocenters. The third-order valence-electron chi connectivity index (χ3n) is 5.90. The molecule has 0 bridgehead atoms. The van der Waals surface area contributed by atoms with Crippen LogP contribution in [0.1, 0.15) is 29.5 Å². The van der Waals surface area contributed by atoms with Crippen molar-refractivity contribution in [1.82, 2.24) is 15.2 Å². The molecule has 1 amide bonds. The second-order valence-electron chi connectivity index (χ2n) is 7.59. The van der Waals surface area contributed by atoms with Crippen molar-refractivity contribution >= 4 is 16.7 Å². The fourth-order valence-electron chi connectivity index (χ4n) is 4.33. The highest BCUT2D eigenvalue weighted by Crippen LogP contribution is 2.49. The van der Waals surface area contributed by atoms with Crippen molar-refractivity contribution in [1.29, 1.82) is 0 Å². The Morgan fingerprint density at radius 1 is 1.04 bits per heavy atom. The molecule has 1 saturated carbocycles. The Kier molecular flexibility index (Phi) is 4.13. The number of benzene rings is 2. The minimum absolute atomic E-state index is 0.0813. The monoisotopic (exact) mass is 357 g/mol. The fraction of sp³-hybridized carbons (Fsp3) is 0.304. The summed E-state index contributed by atoms with van der Waals surface area (Å²) in [5.41, 5.74) is 2.40. The predicted octanol–water partition coefficient (Wildman–Crippen LogP) is 3.51. The fourth-order valence-corrected chi connectivity index (χ4v) is 4.33. The SMILES string of the molecule is O=C(C1CC1c1ccc2ccccc2c1)N1CCNCC1c1cccnc1. The lowest BCUT2D eigenvalue weighted by Crippen LogP contribution is -2.49. The number of nitrogens with zero attached hydrogens (tertiary/aromatic N) is 2. The van der Waals surface area contributed by atoms with E-state index >= 15 is 0 Å². The summed E-state index contributed by atoms with van der Waals surface area (Å²) in [7, 11) is 0. The highest BCUT2D eigenvalue weighted by molar-refractivity contribution is 5.86. The largest absolute Gasteiger partial charge is 0.333 e. The highest BCUT2D eigenvalue weighted by atomic mass is 16.2. The van der Waals surface area contributed by atoms with Gasteiger partial charge in [0.1, 0.15) is 0 Å². The number of carbonyl (C=O) groups excluding carboxylic acids is 1. The van der Waals surface area contributed by atoms with Gasteiger partial charge in [0.15, 0.2) is 0 Å². The number of hydrogen-bond acceptors (Lipinski definition) is 3. The molecule has 2 aromatic carbocycles. The van der Waals surface area contributed by atoms with Gasteiger partial charge in [-0.15, -0.1) is 0 Å². The molecule has 1 aromatic heterocycles. The minimum Gasteiger partial charge on any atom is -0.333 e. The molecule has 4 heteroatoms. The maximum atomic E-state index is 13.3. The van der Waals surface area contributed by atoms with Gasteiger partial charge in [-0.05, 0) is 40.3 Å². The molecule has 3 aromatic rings. The smallest absolute Gasteiger partial charge is 0.226 e. The minimum atomic E-state index is 0.0813. The molecule has 1 N–H and O–H groups in total. The molecule has 136 valence electrons. The van der Waals surface area contributed by atoms with E-state index in [0.29, 0.717) is 11.8 Å². The topological polar surface area (TPSA) is 45.2 Å². The number of carbonyl (C=O) groups is 1. The Morgan fingerprint density at radius 3 is 2.78 bits per heavy atom. The summed E-state index contributed by atoms with van der Waals surface area (Å²) < 4.78 is 0. The Morgan fingerprint density at radius 2 is 1.93 bits per heavy atom. The van der Waals surface area contributed by atoms with E-state index in [4.69, 9.17) is 0 Å². The van der Waals surface area contributed by atoms with Gasteiger partial charge in [-0.3, -0.25) is 9.78 Å². The van der Waals surface area contributed by atoms with Gasteiger partial charge in [-0.25, -0.2) is 0 Å². The van der Waals surface area contributed by atoms with E-state index in [1.165, 1.54) is 16.3 Å². The van der Waals surface area contributed by atoms with E-state index in [2.05, 4.69) is 63.7 Å². The average Bonchev–Trinajstić information content (AvgIpc) is 3.54. The van der Waals surface area contributed by atoms with Gasteiger partial charge in [-0.1, -0.05) is 48.5 Å². The lowest BCUT2D eigenvalue weighted by Gasteiger charge is -2.36. The van der Waals surface area contributed by atoms with Gasteiger partial charge in [0.25, 0.3) is 0 Å². The van der Waals surface area contributed by atoms with Crippen molar-refractivity contribution in [2.45, 2.75) is 18.4 Å². The molecule has 2 heterocycles. The first kappa shape index (κ1) is 16.5. The van der Waals surface area contributed by atoms with Crippen LogP contribution < -0.4 is 5.32 Å². The Labute approximate surface area is 159 Å². The lowest BCUT2D eigenvalue weighted by atomic mass is 10.0. The van der Waals surface area contributed by atoms with Crippen LogP contribution >= 0.6 is 0 Å². The molecule has 0 spiro atoms. The van der Waals surface area contributed by atoms with Gasteiger partial charge in [0, 0.05) is 37.9 Å². The van der Waals surface area contributed by atoms with Crippen molar-refractivity contribution < 1.29 is 4.79 Å². The normalized spacial score (nSPS) is 24.7. The molecule has 0 radical (unpaired) electrons. The molecular formula is C23H23N3O. The molecule has 2 aliphatic rings. The van der Waals surface area contributed by atoms with Crippen LogP contribution in [0.3, 0.4) is 0 Å². The summed E-state index contributed by atoms with van der Waals surface area (Å²) in [6.07, 6.45) is 4.62. The van der Waals surface area contributed by atoms with E-state index in [-0.39, 0.29) is 12.0 Å². The number of amides is 1. The zero-order valence-electron chi connectivity index (χ0n) is 15.2. The predicted molar refractivity (Wildman–Crippen MR) is 106 cm³/mol. The van der Waals surface area contributed by atoms with Gasteiger partial charge >= 0.3 is 0 Å². The van der Waals surface area contributed by atoms with E-state index in [0.717, 1.165) is 31.6 Å². The van der Waals surface area contributed by atoms with Crippen LogP contribution in [0, 0.1) is 5.92 Å². The first-order valence-electron chi connectivity index (χ1n) is 9.71. The van der Waals surface area contributed by atoms with Crippen LogP contribution in [0.2, 0.25) is 0 Å². The zero-order valence-corrected chi connectivity index (χ0v) is 15.2. The van der Waals surface area contributed by atoms with Crippen LogP contribution in [-0.4, -0.2) is 35.4 Å². The molecule has 5 rings (SSSR count). The molecule has 4 nitrogen and oxygen atoms in total. The first-order valence-corrected chi connectivity index (χ1v) is 9.71. The summed E-state index contributed by atoms with van der Waals surface area (Å²) in [4.78, 5) is 19.6. The number of nitrogens with one attached hydrogen (secondary N) is 1. The second-order valence-corrected chi connectivity index (χ2v) is 7.59. The Hall–Kier alpha value is -2.72. The summed E-state index contributed by atoms with van der Waals surface area (Å²) in [5.74, 6) is 0.762. The highest BCUT2D eigenvalue weighted by Gasteiger charge is 2.47. The van der Waals surface area contributed by atoms with E-state index in [9.17, 15) is 4.79 Å². The maximum absolute atomic E-state index is 13.3. The van der Waals surface area contributed by atoms with Crippen LogP contribution in [-0.2, 0) is 4.79 Å². The summed E-state index contributed by atoms with van der Waals surface area (Å²) >= 11 is 0. The number of pyridine rings is 1.